The third-order valence-electron chi connectivity index (χ3n) is 1.66. The Bertz CT molecular complexity index is 331. The van der Waals surface area contributed by atoms with E-state index in [9.17, 15) is 0 Å². The molecule has 0 atom stereocenters. The largest absolute Gasteiger partial charge is 0.482 e. The first-order chi connectivity index (χ1) is 5.40. The summed E-state index contributed by atoms with van der Waals surface area (Å²) >= 11 is 0. The minimum absolute atomic E-state index is 0.791. The molecule has 0 spiro atoms. The number of benzene rings is 1. The van der Waals surface area contributed by atoms with E-state index in [1.165, 1.54) is 0 Å². The van der Waals surface area contributed by atoms with Gasteiger partial charge in [0.2, 0.25) is 0 Å². The minimum Gasteiger partial charge on any atom is -0.482 e. The maximum atomic E-state index is 5.03. The third kappa shape index (κ3) is 0.963. The Morgan fingerprint density at radius 1 is 1.55 bits per heavy atom. The number of hydrogen-bond donors (Lipinski definition) is 1. The Labute approximate surface area is 64.8 Å². The molecule has 0 fully saturated rings. The quantitative estimate of drug-likeness (QED) is 0.653. The highest BCUT2D eigenvalue weighted by Gasteiger charge is 1.96. The van der Waals surface area contributed by atoms with Crippen molar-refractivity contribution in [2.24, 2.45) is 0 Å². The fourth-order valence-electron chi connectivity index (χ4n) is 1.10. The van der Waals surface area contributed by atoms with Crippen LogP contribution in [0.3, 0.4) is 0 Å². The number of ether oxygens (including phenoxy) is 1. The summed E-state index contributed by atoms with van der Waals surface area (Å²) < 4.78 is 5.03. The molecule has 0 aliphatic heterocycles. The van der Waals surface area contributed by atoms with Crippen LogP contribution in [0, 0.1) is 6.07 Å². The highest BCUT2D eigenvalue weighted by Crippen LogP contribution is 2.18. The number of methoxy groups -OCH3 is 1. The van der Waals surface area contributed by atoms with E-state index in [1.807, 2.05) is 24.3 Å². The highest BCUT2D eigenvalue weighted by atomic mass is 16.5. The summed E-state index contributed by atoms with van der Waals surface area (Å²) in [6.07, 6.45) is 0. The maximum Gasteiger partial charge on any atom is 0.191 e. The molecule has 1 aromatic heterocycles. The monoisotopic (exact) mass is 146 g/mol. The van der Waals surface area contributed by atoms with Gasteiger partial charge in [-0.1, -0.05) is 12.1 Å². The standard InChI is InChI=1S/C9H8NO/c1-11-9-6-7-4-2-3-5-8(7)10-9/h2,4-6,10H,1H3. The molecule has 0 unspecified atom stereocenters. The van der Waals surface area contributed by atoms with Crippen LogP contribution in [-0.2, 0) is 0 Å². The predicted molar refractivity (Wildman–Crippen MR) is 43.7 cm³/mol. The molecule has 0 aliphatic rings. The van der Waals surface area contributed by atoms with Crippen LogP contribution in [0.2, 0.25) is 0 Å². The lowest BCUT2D eigenvalue weighted by Gasteiger charge is -1.88. The van der Waals surface area contributed by atoms with Gasteiger partial charge in [-0.25, -0.2) is 0 Å². The summed E-state index contributed by atoms with van der Waals surface area (Å²) in [4.78, 5) is 3.09. The molecule has 0 aliphatic carbocycles. The number of aromatic nitrogens is 1. The van der Waals surface area contributed by atoms with Gasteiger partial charge in [-0.05, 0) is 12.1 Å². The minimum atomic E-state index is 0.791. The molecule has 1 N–H and O–H groups in total. The molecule has 55 valence electrons. The van der Waals surface area contributed by atoms with E-state index in [0.29, 0.717) is 0 Å². The zero-order chi connectivity index (χ0) is 7.68. The number of rotatable bonds is 1. The Kier molecular flexibility index (Phi) is 1.32. The van der Waals surface area contributed by atoms with Gasteiger partial charge in [0.05, 0.1) is 7.11 Å². The number of aromatic amines is 1. The van der Waals surface area contributed by atoms with Gasteiger partial charge in [0, 0.05) is 17.0 Å². The van der Waals surface area contributed by atoms with Gasteiger partial charge >= 0.3 is 0 Å². The first-order valence-corrected chi connectivity index (χ1v) is 3.43. The van der Waals surface area contributed by atoms with Crippen molar-refractivity contribution in [2.75, 3.05) is 7.11 Å². The molecular formula is C9H8NO. The fourth-order valence-corrected chi connectivity index (χ4v) is 1.10. The van der Waals surface area contributed by atoms with E-state index in [0.717, 1.165) is 16.8 Å². The summed E-state index contributed by atoms with van der Waals surface area (Å²) in [5, 5.41) is 1.15. The normalized spacial score (nSPS) is 10.3. The summed E-state index contributed by atoms with van der Waals surface area (Å²) in [6, 6.07) is 10.7. The second kappa shape index (κ2) is 2.31. The average molecular weight is 146 g/mol. The average Bonchev–Trinajstić information content (AvgIpc) is 2.46. The first kappa shape index (κ1) is 6.28. The van der Waals surface area contributed by atoms with Crippen molar-refractivity contribution < 1.29 is 4.74 Å². The predicted octanol–water partition coefficient (Wildman–Crippen LogP) is 1.98. The van der Waals surface area contributed by atoms with E-state index in [1.54, 1.807) is 7.11 Å². The van der Waals surface area contributed by atoms with E-state index in [2.05, 4.69) is 11.1 Å². The smallest absolute Gasteiger partial charge is 0.191 e. The van der Waals surface area contributed by atoms with E-state index >= 15 is 0 Å². The van der Waals surface area contributed by atoms with Crippen LogP contribution in [0.4, 0.5) is 0 Å². The van der Waals surface area contributed by atoms with Crippen LogP contribution >= 0.6 is 0 Å². The molecule has 2 nitrogen and oxygen atoms in total. The fraction of sp³-hybridized carbons (Fsp3) is 0.111. The number of H-pyrrole nitrogens is 1. The van der Waals surface area contributed by atoms with Crippen molar-refractivity contribution in [1.82, 2.24) is 4.98 Å². The molecule has 2 heteroatoms. The van der Waals surface area contributed by atoms with Crippen LogP contribution < -0.4 is 4.74 Å². The Morgan fingerprint density at radius 3 is 3.18 bits per heavy atom. The van der Waals surface area contributed by atoms with Crippen molar-refractivity contribution in [2.45, 2.75) is 0 Å². The van der Waals surface area contributed by atoms with E-state index in [4.69, 9.17) is 4.74 Å². The Morgan fingerprint density at radius 2 is 2.45 bits per heavy atom. The zero-order valence-electron chi connectivity index (χ0n) is 6.22. The molecule has 2 aromatic rings. The lowest BCUT2D eigenvalue weighted by Crippen LogP contribution is -1.79. The topological polar surface area (TPSA) is 25.0 Å². The van der Waals surface area contributed by atoms with Gasteiger partial charge < -0.3 is 9.72 Å². The van der Waals surface area contributed by atoms with Gasteiger partial charge in [-0.15, -0.1) is 0 Å². The number of fused-ring (bicyclic) bond motifs is 1. The van der Waals surface area contributed by atoms with Crippen LogP contribution in [0.15, 0.2) is 24.3 Å². The van der Waals surface area contributed by atoms with Crippen LogP contribution in [-0.4, -0.2) is 12.1 Å². The molecule has 0 saturated carbocycles. The lowest BCUT2D eigenvalue weighted by molar-refractivity contribution is 0.401. The number of hydrogen-bond acceptors (Lipinski definition) is 1. The van der Waals surface area contributed by atoms with Crippen molar-refractivity contribution in [3.8, 4) is 5.88 Å². The molecule has 0 saturated heterocycles. The van der Waals surface area contributed by atoms with E-state index in [-0.39, 0.29) is 0 Å². The first-order valence-electron chi connectivity index (χ1n) is 3.43. The SMILES string of the molecule is COc1cc2cc[c]cc2[nH]1. The van der Waals surface area contributed by atoms with Crippen molar-refractivity contribution in [1.29, 1.82) is 0 Å². The van der Waals surface area contributed by atoms with E-state index < -0.39 is 0 Å². The molecular weight excluding hydrogens is 138 g/mol. The van der Waals surface area contributed by atoms with Gasteiger partial charge in [-0.2, -0.15) is 0 Å². The molecule has 11 heavy (non-hydrogen) atoms. The molecule has 1 aromatic carbocycles. The summed E-state index contributed by atoms with van der Waals surface area (Å²) in [5.41, 5.74) is 1.06. The lowest BCUT2D eigenvalue weighted by atomic mass is 10.3. The van der Waals surface area contributed by atoms with Crippen LogP contribution in [0.1, 0.15) is 0 Å². The summed E-state index contributed by atoms with van der Waals surface area (Å²) in [6.45, 7) is 0. The second-order valence-corrected chi connectivity index (χ2v) is 2.35. The van der Waals surface area contributed by atoms with Gasteiger partial charge in [0.25, 0.3) is 0 Å². The van der Waals surface area contributed by atoms with Crippen LogP contribution in [0.25, 0.3) is 10.9 Å². The second-order valence-electron chi connectivity index (χ2n) is 2.35. The molecule has 2 rings (SSSR count). The zero-order valence-corrected chi connectivity index (χ0v) is 6.22. The summed E-state index contributed by atoms with van der Waals surface area (Å²) in [7, 11) is 1.65. The maximum absolute atomic E-state index is 5.03. The van der Waals surface area contributed by atoms with Crippen molar-refractivity contribution in [3.05, 3.63) is 30.3 Å². The Balaban J connectivity index is 2.69. The molecule has 0 bridgehead atoms. The van der Waals surface area contributed by atoms with Crippen LogP contribution in [0.5, 0.6) is 5.88 Å². The molecule has 0 amide bonds. The van der Waals surface area contributed by atoms with Gasteiger partial charge in [0.15, 0.2) is 5.88 Å². The van der Waals surface area contributed by atoms with Crippen molar-refractivity contribution >= 4 is 10.9 Å². The van der Waals surface area contributed by atoms with Gasteiger partial charge in [0.1, 0.15) is 0 Å². The molecule has 1 heterocycles. The third-order valence-corrected chi connectivity index (χ3v) is 1.66. The molecule has 1 radical (unpaired) electrons. The Hall–Kier alpha value is -1.44. The highest BCUT2D eigenvalue weighted by molar-refractivity contribution is 5.80. The number of nitrogens with one attached hydrogen (secondary N) is 1. The van der Waals surface area contributed by atoms with Gasteiger partial charge in [-0.3, -0.25) is 0 Å². The summed E-state index contributed by atoms with van der Waals surface area (Å²) in [5.74, 6) is 0.791. The van der Waals surface area contributed by atoms with Crippen molar-refractivity contribution in [3.63, 3.8) is 0 Å².